The first-order valence-electron chi connectivity index (χ1n) is 10.7. The summed E-state index contributed by atoms with van der Waals surface area (Å²) in [6.07, 6.45) is 1.50. The van der Waals surface area contributed by atoms with E-state index in [4.69, 9.17) is 4.74 Å². The van der Waals surface area contributed by atoms with Crippen molar-refractivity contribution in [3.8, 4) is 5.75 Å². The van der Waals surface area contributed by atoms with Gasteiger partial charge in [0.2, 0.25) is 11.8 Å². The number of aryl methyl sites for hydroxylation is 1. The average Bonchev–Trinajstić information content (AvgIpc) is 2.72. The Balaban J connectivity index is 2.01. The van der Waals surface area contributed by atoms with Gasteiger partial charge < -0.3 is 15.0 Å². The number of hydrogen-bond donors (Lipinski definition) is 1. The topological polar surface area (TPSA) is 58.6 Å². The predicted octanol–water partition coefficient (Wildman–Crippen LogP) is 4.49. The van der Waals surface area contributed by atoms with Crippen LogP contribution >= 0.6 is 0 Å². The molecule has 2 aromatic rings. The Kier molecular flexibility index (Phi) is 9.39. The zero-order valence-electron chi connectivity index (χ0n) is 18.6. The van der Waals surface area contributed by atoms with E-state index in [1.54, 1.807) is 4.90 Å². The van der Waals surface area contributed by atoms with Gasteiger partial charge in [0.15, 0.2) is 0 Å². The van der Waals surface area contributed by atoms with E-state index >= 15 is 0 Å². The smallest absolute Gasteiger partial charge is 0.243 e. The number of amides is 2. The second-order valence-electron chi connectivity index (χ2n) is 7.86. The molecule has 1 N–H and O–H groups in total. The van der Waals surface area contributed by atoms with Crippen molar-refractivity contribution in [3.63, 3.8) is 0 Å². The number of ether oxygens (including phenoxy) is 1. The molecule has 0 fully saturated rings. The molecular weight excluding hydrogens is 376 g/mol. The summed E-state index contributed by atoms with van der Waals surface area (Å²) in [6.45, 7) is 8.71. The highest BCUT2D eigenvalue weighted by Gasteiger charge is 2.28. The lowest BCUT2D eigenvalue weighted by molar-refractivity contribution is -0.141. The van der Waals surface area contributed by atoms with E-state index in [9.17, 15) is 9.59 Å². The molecule has 5 nitrogen and oxygen atoms in total. The van der Waals surface area contributed by atoms with Gasteiger partial charge >= 0.3 is 0 Å². The normalized spacial score (nSPS) is 11.8. The van der Waals surface area contributed by atoms with Crippen LogP contribution in [0.25, 0.3) is 0 Å². The summed E-state index contributed by atoms with van der Waals surface area (Å²) in [5, 5.41) is 2.95. The fourth-order valence-corrected chi connectivity index (χ4v) is 3.27. The van der Waals surface area contributed by atoms with E-state index < -0.39 is 6.04 Å². The highest BCUT2D eigenvalue weighted by atomic mass is 16.5. The first kappa shape index (κ1) is 23.5. The summed E-state index contributed by atoms with van der Waals surface area (Å²) in [7, 11) is 0. The van der Waals surface area contributed by atoms with Crippen LogP contribution in [0.4, 0.5) is 0 Å². The van der Waals surface area contributed by atoms with E-state index in [1.807, 2.05) is 82.3 Å². The van der Waals surface area contributed by atoms with E-state index in [0.29, 0.717) is 32.4 Å². The molecular formula is C25H34N2O3. The van der Waals surface area contributed by atoms with Crippen molar-refractivity contribution in [2.75, 3.05) is 6.61 Å². The number of hydrogen-bond acceptors (Lipinski definition) is 3. The Bertz CT molecular complexity index is 788. The molecule has 2 amide bonds. The molecule has 2 aromatic carbocycles. The van der Waals surface area contributed by atoms with E-state index in [1.165, 1.54) is 5.56 Å². The lowest BCUT2D eigenvalue weighted by Crippen LogP contribution is -2.50. The second kappa shape index (κ2) is 12.0. The van der Waals surface area contributed by atoms with Crippen LogP contribution in [-0.2, 0) is 16.1 Å². The molecule has 0 aliphatic rings. The Morgan fingerprint density at radius 3 is 2.30 bits per heavy atom. The molecule has 5 heteroatoms. The highest BCUT2D eigenvalue weighted by Crippen LogP contribution is 2.16. The molecule has 0 saturated heterocycles. The number of carbonyl (C=O) groups is 2. The van der Waals surface area contributed by atoms with Gasteiger partial charge in [-0.3, -0.25) is 9.59 Å². The molecule has 0 radical (unpaired) electrons. The molecule has 0 heterocycles. The fourth-order valence-electron chi connectivity index (χ4n) is 3.27. The van der Waals surface area contributed by atoms with Crippen molar-refractivity contribution in [2.45, 2.75) is 65.6 Å². The lowest BCUT2D eigenvalue weighted by Gasteiger charge is -2.31. The molecule has 0 aliphatic carbocycles. The van der Waals surface area contributed by atoms with Crippen molar-refractivity contribution < 1.29 is 14.3 Å². The van der Waals surface area contributed by atoms with Gasteiger partial charge in [0.25, 0.3) is 0 Å². The zero-order chi connectivity index (χ0) is 21.9. The number of carbonyl (C=O) groups excluding carboxylic acids is 2. The Morgan fingerprint density at radius 2 is 1.70 bits per heavy atom. The monoisotopic (exact) mass is 410 g/mol. The van der Waals surface area contributed by atoms with Gasteiger partial charge in [-0.05, 0) is 51.3 Å². The summed E-state index contributed by atoms with van der Waals surface area (Å²) in [5.41, 5.74) is 2.19. The molecule has 0 saturated carbocycles. The quantitative estimate of drug-likeness (QED) is 0.556. The Hall–Kier alpha value is -2.82. The standard InChI is InChI=1S/C25H34N2O3/c1-5-23(25(29)26-19(2)3)27(18-21-10-7-6-8-11-21)24(28)12-9-17-30-22-15-13-20(4)14-16-22/h6-8,10-11,13-16,19,23H,5,9,12,17-18H2,1-4H3,(H,26,29)/t23-/m1/s1. The molecule has 30 heavy (non-hydrogen) atoms. The molecule has 1 atom stereocenters. The molecule has 0 aromatic heterocycles. The maximum atomic E-state index is 13.1. The SMILES string of the molecule is CC[C@H](C(=O)NC(C)C)N(Cc1ccccc1)C(=O)CCCOc1ccc(C)cc1. The van der Waals surface area contributed by atoms with Gasteiger partial charge in [0.05, 0.1) is 6.61 Å². The van der Waals surface area contributed by atoms with E-state index in [2.05, 4.69) is 5.32 Å². The van der Waals surface area contributed by atoms with E-state index in [0.717, 1.165) is 11.3 Å². The first-order chi connectivity index (χ1) is 14.4. The summed E-state index contributed by atoms with van der Waals surface area (Å²) in [5.74, 6) is 0.668. The van der Waals surface area contributed by atoms with Crippen molar-refractivity contribution in [1.82, 2.24) is 10.2 Å². The number of nitrogens with one attached hydrogen (secondary N) is 1. The number of benzene rings is 2. The molecule has 0 aliphatic heterocycles. The second-order valence-corrected chi connectivity index (χ2v) is 7.86. The van der Waals surface area contributed by atoms with Gasteiger partial charge in [-0.2, -0.15) is 0 Å². The largest absolute Gasteiger partial charge is 0.494 e. The van der Waals surface area contributed by atoms with Gasteiger partial charge in [-0.25, -0.2) is 0 Å². The third-order valence-electron chi connectivity index (χ3n) is 4.84. The summed E-state index contributed by atoms with van der Waals surface area (Å²) >= 11 is 0. The predicted molar refractivity (Wildman–Crippen MR) is 120 cm³/mol. The lowest BCUT2D eigenvalue weighted by atomic mass is 10.1. The third kappa shape index (κ3) is 7.54. The average molecular weight is 411 g/mol. The van der Waals surface area contributed by atoms with Crippen molar-refractivity contribution in [2.24, 2.45) is 0 Å². The van der Waals surface area contributed by atoms with Gasteiger partial charge in [0.1, 0.15) is 11.8 Å². The maximum Gasteiger partial charge on any atom is 0.243 e. The first-order valence-corrected chi connectivity index (χ1v) is 10.7. The van der Waals surface area contributed by atoms with Crippen molar-refractivity contribution >= 4 is 11.8 Å². The van der Waals surface area contributed by atoms with Crippen molar-refractivity contribution in [3.05, 3.63) is 65.7 Å². The van der Waals surface area contributed by atoms with Gasteiger partial charge in [-0.15, -0.1) is 0 Å². The molecule has 162 valence electrons. The van der Waals surface area contributed by atoms with Crippen LogP contribution in [0.1, 0.15) is 51.2 Å². The minimum Gasteiger partial charge on any atom is -0.494 e. The maximum absolute atomic E-state index is 13.1. The minimum atomic E-state index is -0.488. The van der Waals surface area contributed by atoms with Gasteiger partial charge in [-0.1, -0.05) is 55.0 Å². The molecule has 2 rings (SSSR count). The minimum absolute atomic E-state index is 0.0304. The molecule has 0 spiro atoms. The van der Waals surface area contributed by atoms with Crippen LogP contribution in [0.2, 0.25) is 0 Å². The molecule has 0 unspecified atom stereocenters. The van der Waals surface area contributed by atoms with Crippen molar-refractivity contribution in [1.29, 1.82) is 0 Å². The zero-order valence-corrected chi connectivity index (χ0v) is 18.6. The fraction of sp³-hybridized carbons (Fsp3) is 0.440. The Morgan fingerprint density at radius 1 is 1.03 bits per heavy atom. The molecule has 0 bridgehead atoms. The summed E-state index contributed by atoms with van der Waals surface area (Å²) in [6, 6.07) is 17.2. The Labute approximate surface area is 180 Å². The van der Waals surface area contributed by atoms with Crippen LogP contribution in [0.15, 0.2) is 54.6 Å². The van der Waals surface area contributed by atoms with Gasteiger partial charge in [0, 0.05) is 19.0 Å². The highest BCUT2D eigenvalue weighted by molar-refractivity contribution is 5.87. The van der Waals surface area contributed by atoms with Crippen LogP contribution in [0.5, 0.6) is 5.75 Å². The van der Waals surface area contributed by atoms with Crippen LogP contribution < -0.4 is 10.1 Å². The number of nitrogens with zero attached hydrogens (tertiary/aromatic N) is 1. The van der Waals surface area contributed by atoms with Crippen LogP contribution in [0.3, 0.4) is 0 Å². The summed E-state index contributed by atoms with van der Waals surface area (Å²) in [4.78, 5) is 27.5. The van der Waals surface area contributed by atoms with Crippen LogP contribution in [0, 0.1) is 6.92 Å². The summed E-state index contributed by atoms with van der Waals surface area (Å²) < 4.78 is 5.75. The van der Waals surface area contributed by atoms with E-state index in [-0.39, 0.29) is 17.9 Å². The number of rotatable bonds is 11. The third-order valence-corrected chi connectivity index (χ3v) is 4.84. The van der Waals surface area contributed by atoms with Crippen LogP contribution in [-0.4, -0.2) is 35.4 Å².